The zero-order chi connectivity index (χ0) is 20.4. The Kier molecular flexibility index (Phi) is 6.20. The van der Waals surface area contributed by atoms with E-state index >= 15 is 0 Å². The van der Waals surface area contributed by atoms with E-state index in [0.717, 1.165) is 78.0 Å². The Hall–Kier alpha value is -1.93. The van der Waals surface area contributed by atoms with Crippen LogP contribution in [-0.2, 0) is 11.8 Å². The van der Waals surface area contributed by atoms with Crippen LogP contribution in [0.25, 0.3) is 0 Å². The predicted molar refractivity (Wildman–Crippen MR) is 111 cm³/mol. The SMILES string of the molecule is CN1CCN(C(=O)C2CCCN(C3CCN(C(=O)c4cncn4C)CC3)C2)CC1. The van der Waals surface area contributed by atoms with Gasteiger partial charge in [-0.25, -0.2) is 4.98 Å². The monoisotopic (exact) mass is 402 g/mol. The number of hydrogen-bond acceptors (Lipinski definition) is 5. The molecule has 3 fully saturated rings. The van der Waals surface area contributed by atoms with Crippen LogP contribution in [-0.4, -0.2) is 106 Å². The van der Waals surface area contributed by atoms with Crippen molar-refractivity contribution in [2.75, 3.05) is 59.4 Å². The summed E-state index contributed by atoms with van der Waals surface area (Å²) >= 11 is 0. The molecule has 1 aromatic heterocycles. The van der Waals surface area contributed by atoms with Crippen molar-refractivity contribution in [3.8, 4) is 0 Å². The molecule has 3 saturated heterocycles. The molecule has 0 N–H and O–H groups in total. The van der Waals surface area contributed by atoms with Crippen molar-refractivity contribution < 1.29 is 9.59 Å². The van der Waals surface area contributed by atoms with Crippen LogP contribution in [0.1, 0.15) is 36.2 Å². The van der Waals surface area contributed by atoms with Crippen molar-refractivity contribution in [3.05, 3.63) is 18.2 Å². The summed E-state index contributed by atoms with van der Waals surface area (Å²) < 4.78 is 1.79. The van der Waals surface area contributed by atoms with Crippen LogP contribution in [0.3, 0.4) is 0 Å². The van der Waals surface area contributed by atoms with Gasteiger partial charge in [0.1, 0.15) is 5.69 Å². The molecule has 1 atom stereocenters. The van der Waals surface area contributed by atoms with Gasteiger partial charge in [-0.3, -0.25) is 14.5 Å². The number of likely N-dealkylation sites (N-methyl/N-ethyl adjacent to an activating group) is 1. The molecule has 4 rings (SSSR count). The molecule has 8 heteroatoms. The summed E-state index contributed by atoms with van der Waals surface area (Å²) in [4.78, 5) is 38.6. The lowest BCUT2D eigenvalue weighted by molar-refractivity contribution is -0.139. The van der Waals surface area contributed by atoms with E-state index < -0.39 is 0 Å². The number of nitrogens with zero attached hydrogens (tertiary/aromatic N) is 6. The second-order valence-corrected chi connectivity index (χ2v) is 8.88. The highest BCUT2D eigenvalue weighted by Gasteiger charge is 2.35. The Balaban J connectivity index is 1.29. The van der Waals surface area contributed by atoms with Crippen LogP contribution in [0.4, 0.5) is 0 Å². The van der Waals surface area contributed by atoms with Crippen LogP contribution in [0.2, 0.25) is 0 Å². The molecule has 8 nitrogen and oxygen atoms in total. The molecule has 0 spiro atoms. The van der Waals surface area contributed by atoms with E-state index in [1.807, 2.05) is 11.9 Å². The van der Waals surface area contributed by atoms with Crippen LogP contribution < -0.4 is 0 Å². The van der Waals surface area contributed by atoms with Gasteiger partial charge in [0, 0.05) is 58.9 Å². The predicted octanol–water partition coefficient (Wildman–Crippen LogP) is 0.511. The normalized spacial score (nSPS) is 25.4. The Morgan fingerprint density at radius 3 is 2.31 bits per heavy atom. The minimum atomic E-state index is 0.0743. The average Bonchev–Trinajstić information content (AvgIpc) is 3.19. The summed E-state index contributed by atoms with van der Waals surface area (Å²) in [5.41, 5.74) is 0.652. The first-order chi connectivity index (χ1) is 14.0. The lowest BCUT2D eigenvalue weighted by atomic mass is 9.92. The number of likely N-dealkylation sites (tertiary alicyclic amines) is 2. The number of aryl methyl sites for hydroxylation is 1. The maximum atomic E-state index is 13.0. The number of piperazine rings is 1. The van der Waals surface area contributed by atoms with E-state index in [4.69, 9.17) is 0 Å². The van der Waals surface area contributed by atoms with Crippen LogP contribution in [0, 0.1) is 5.92 Å². The average molecular weight is 403 g/mol. The molecule has 0 saturated carbocycles. The van der Waals surface area contributed by atoms with Crippen molar-refractivity contribution in [1.29, 1.82) is 0 Å². The minimum Gasteiger partial charge on any atom is -0.340 e. The fourth-order valence-electron chi connectivity index (χ4n) is 4.98. The van der Waals surface area contributed by atoms with Gasteiger partial charge in [-0.2, -0.15) is 0 Å². The van der Waals surface area contributed by atoms with Gasteiger partial charge in [-0.1, -0.05) is 0 Å². The molecule has 2 amide bonds. The Morgan fingerprint density at radius 2 is 1.66 bits per heavy atom. The number of imidazole rings is 1. The van der Waals surface area contributed by atoms with Crippen LogP contribution >= 0.6 is 0 Å². The first kappa shape index (κ1) is 20.3. The van der Waals surface area contributed by atoms with Gasteiger partial charge in [0.15, 0.2) is 0 Å². The lowest BCUT2D eigenvalue weighted by Crippen LogP contribution is -2.54. The zero-order valence-electron chi connectivity index (χ0n) is 17.8. The molecule has 4 heterocycles. The van der Waals surface area contributed by atoms with E-state index in [0.29, 0.717) is 17.6 Å². The molecule has 160 valence electrons. The van der Waals surface area contributed by atoms with Gasteiger partial charge in [0.25, 0.3) is 5.91 Å². The summed E-state index contributed by atoms with van der Waals surface area (Å²) in [6.07, 6.45) is 7.40. The molecule has 3 aliphatic rings. The van der Waals surface area contributed by atoms with Gasteiger partial charge in [0.05, 0.1) is 18.4 Å². The highest BCUT2D eigenvalue weighted by Crippen LogP contribution is 2.26. The van der Waals surface area contributed by atoms with Crippen molar-refractivity contribution in [2.24, 2.45) is 13.0 Å². The fourth-order valence-corrected chi connectivity index (χ4v) is 4.98. The van der Waals surface area contributed by atoms with E-state index in [1.54, 1.807) is 17.1 Å². The smallest absolute Gasteiger partial charge is 0.272 e. The van der Waals surface area contributed by atoms with Gasteiger partial charge in [-0.05, 0) is 39.3 Å². The maximum absolute atomic E-state index is 13.0. The summed E-state index contributed by atoms with van der Waals surface area (Å²) in [7, 11) is 3.98. The summed E-state index contributed by atoms with van der Waals surface area (Å²) in [6.45, 7) is 7.19. The van der Waals surface area contributed by atoms with E-state index in [-0.39, 0.29) is 11.8 Å². The minimum absolute atomic E-state index is 0.0743. The van der Waals surface area contributed by atoms with Crippen molar-refractivity contribution in [1.82, 2.24) is 29.2 Å². The molecule has 1 aromatic rings. The van der Waals surface area contributed by atoms with E-state index in [1.165, 1.54) is 0 Å². The van der Waals surface area contributed by atoms with Crippen molar-refractivity contribution in [2.45, 2.75) is 31.7 Å². The van der Waals surface area contributed by atoms with Gasteiger partial charge < -0.3 is 19.3 Å². The van der Waals surface area contributed by atoms with Gasteiger partial charge in [-0.15, -0.1) is 0 Å². The van der Waals surface area contributed by atoms with Crippen LogP contribution in [0.5, 0.6) is 0 Å². The van der Waals surface area contributed by atoms with Gasteiger partial charge in [0.2, 0.25) is 5.91 Å². The summed E-state index contributed by atoms with van der Waals surface area (Å²) in [5, 5.41) is 0. The number of piperidine rings is 2. The zero-order valence-corrected chi connectivity index (χ0v) is 17.8. The first-order valence-electron chi connectivity index (χ1n) is 11.0. The van der Waals surface area contributed by atoms with E-state index in [2.05, 4.69) is 26.7 Å². The maximum Gasteiger partial charge on any atom is 0.272 e. The molecule has 0 radical (unpaired) electrons. The Labute approximate surface area is 173 Å². The standard InChI is InChI=1S/C21H34N6O2/c1-23-10-12-26(13-11-23)20(28)17-4-3-7-27(15-17)18-5-8-25(9-6-18)21(29)19-14-22-16-24(19)2/h14,16-18H,3-13,15H2,1-2H3. The Morgan fingerprint density at radius 1 is 0.931 bits per heavy atom. The molecule has 0 bridgehead atoms. The van der Waals surface area contributed by atoms with Crippen molar-refractivity contribution >= 4 is 11.8 Å². The summed E-state index contributed by atoms with van der Waals surface area (Å²) in [6, 6.07) is 0.480. The van der Waals surface area contributed by atoms with Crippen LogP contribution in [0.15, 0.2) is 12.5 Å². The highest BCUT2D eigenvalue weighted by molar-refractivity contribution is 5.92. The topological polar surface area (TPSA) is 64.9 Å². The highest BCUT2D eigenvalue weighted by atomic mass is 16.2. The number of carbonyl (C=O) groups excluding carboxylic acids is 2. The quantitative estimate of drug-likeness (QED) is 0.737. The molecule has 0 aliphatic carbocycles. The van der Waals surface area contributed by atoms with E-state index in [9.17, 15) is 9.59 Å². The third-order valence-corrected chi connectivity index (χ3v) is 6.92. The van der Waals surface area contributed by atoms with Gasteiger partial charge >= 0.3 is 0 Å². The second kappa shape index (κ2) is 8.83. The fraction of sp³-hybridized carbons (Fsp3) is 0.762. The molecular weight excluding hydrogens is 368 g/mol. The molecule has 3 aliphatic heterocycles. The number of carbonyl (C=O) groups is 2. The Bertz CT molecular complexity index is 719. The molecule has 29 heavy (non-hydrogen) atoms. The molecule has 1 unspecified atom stereocenters. The third kappa shape index (κ3) is 4.48. The largest absolute Gasteiger partial charge is 0.340 e. The summed E-state index contributed by atoms with van der Waals surface area (Å²) in [5.74, 6) is 0.568. The number of aromatic nitrogens is 2. The molecular formula is C21H34N6O2. The number of hydrogen-bond donors (Lipinski definition) is 0. The second-order valence-electron chi connectivity index (χ2n) is 8.88. The number of amides is 2. The van der Waals surface area contributed by atoms with Crippen molar-refractivity contribution in [3.63, 3.8) is 0 Å². The number of rotatable bonds is 3. The first-order valence-corrected chi connectivity index (χ1v) is 11.0. The molecule has 0 aromatic carbocycles. The lowest BCUT2D eigenvalue weighted by Gasteiger charge is -2.43. The third-order valence-electron chi connectivity index (χ3n) is 6.92.